The molecule has 0 aliphatic carbocycles. The van der Waals surface area contributed by atoms with Crippen LogP contribution in [-0.2, 0) is 16.1 Å². The lowest BCUT2D eigenvalue weighted by molar-refractivity contribution is -0.146. The first kappa shape index (κ1) is 20.0. The van der Waals surface area contributed by atoms with Crippen molar-refractivity contribution in [3.8, 4) is 0 Å². The zero-order valence-electron chi connectivity index (χ0n) is 15.2. The van der Waals surface area contributed by atoms with E-state index in [1.807, 2.05) is 0 Å². The Morgan fingerprint density at radius 2 is 1.89 bits per heavy atom. The maximum Gasteiger partial charge on any atom is 0.320 e. The lowest BCUT2D eigenvalue weighted by Crippen LogP contribution is -2.53. The first-order valence-electron chi connectivity index (χ1n) is 9.35. The summed E-state index contributed by atoms with van der Waals surface area (Å²) in [5.74, 6) is -1.20. The predicted molar refractivity (Wildman–Crippen MR) is 100 cm³/mol. The highest BCUT2D eigenvalue weighted by atomic mass is 35.5. The predicted octanol–water partition coefficient (Wildman–Crippen LogP) is 2.06. The van der Waals surface area contributed by atoms with Crippen LogP contribution in [0.3, 0.4) is 0 Å². The van der Waals surface area contributed by atoms with Crippen LogP contribution in [0.25, 0.3) is 0 Å². The molecule has 1 amide bonds. The molecule has 0 aromatic heterocycles. The SMILES string of the molecule is O=C(O)C1CCCCN1CC(=O)N1CCN(Cc2c(F)cccc2Cl)CC1. The molecule has 0 spiro atoms. The van der Waals surface area contributed by atoms with E-state index in [4.69, 9.17) is 11.6 Å². The summed E-state index contributed by atoms with van der Waals surface area (Å²) in [7, 11) is 0. The minimum atomic E-state index is -0.853. The molecule has 1 aromatic rings. The van der Waals surface area contributed by atoms with Crippen LogP contribution < -0.4 is 0 Å². The van der Waals surface area contributed by atoms with Crippen LogP contribution in [0.1, 0.15) is 24.8 Å². The van der Waals surface area contributed by atoms with Crippen LogP contribution >= 0.6 is 11.6 Å². The molecule has 0 saturated carbocycles. The molecule has 2 aliphatic rings. The largest absolute Gasteiger partial charge is 0.480 e. The third-order valence-electron chi connectivity index (χ3n) is 5.41. The zero-order chi connectivity index (χ0) is 19.4. The minimum Gasteiger partial charge on any atom is -0.480 e. The van der Waals surface area contributed by atoms with Gasteiger partial charge in [0.15, 0.2) is 0 Å². The number of carboxylic acids is 1. The summed E-state index contributed by atoms with van der Waals surface area (Å²) < 4.78 is 13.9. The molecule has 2 heterocycles. The molecule has 2 fully saturated rings. The van der Waals surface area contributed by atoms with Crippen LogP contribution in [0.15, 0.2) is 18.2 Å². The Bertz CT molecular complexity index is 675. The zero-order valence-corrected chi connectivity index (χ0v) is 16.0. The second-order valence-corrected chi connectivity index (χ2v) is 7.58. The van der Waals surface area contributed by atoms with Gasteiger partial charge in [-0.3, -0.25) is 19.4 Å². The minimum absolute atomic E-state index is 0.0354. The van der Waals surface area contributed by atoms with Crippen molar-refractivity contribution in [2.24, 2.45) is 0 Å². The quantitative estimate of drug-likeness (QED) is 0.824. The highest BCUT2D eigenvalue weighted by molar-refractivity contribution is 6.31. The molecule has 2 saturated heterocycles. The van der Waals surface area contributed by atoms with Gasteiger partial charge in [-0.05, 0) is 31.5 Å². The Morgan fingerprint density at radius 1 is 1.15 bits per heavy atom. The van der Waals surface area contributed by atoms with E-state index in [-0.39, 0.29) is 18.3 Å². The fourth-order valence-electron chi connectivity index (χ4n) is 3.80. The van der Waals surface area contributed by atoms with Crippen molar-refractivity contribution < 1.29 is 19.1 Å². The number of piperidine rings is 1. The number of nitrogens with zero attached hydrogens (tertiary/aromatic N) is 3. The number of carbonyl (C=O) groups is 2. The lowest BCUT2D eigenvalue weighted by atomic mass is 10.0. The summed E-state index contributed by atoms with van der Waals surface area (Å²) >= 11 is 6.09. The molecule has 2 aliphatic heterocycles. The summed E-state index contributed by atoms with van der Waals surface area (Å²) in [5.41, 5.74) is 0.483. The van der Waals surface area contributed by atoms with Crippen molar-refractivity contribution in [2.75, 3.05) is 39.3 Å². The van der Waals surface area contributed by atoms with Gasteiger partial charge in [-0.1, -0.05) is 24.1 Å². The Morgan fingerprint density at radius 3 is 2.56 bits per heavy atom. The number of likely N-dealkylation sites (tertiary alicyclic amines) is 1. The maximum absolute atomic E-state index is 13.9. The molecule has 1 atom stereocenters. The summed E-state index contributed by atoms with van der Waals surface area (Å²) in [6, 6.07) is 4.10. The van der Waals surface area contributed by atoms with E-state index >= 15 is 0 Å². The number of benzene rings is 1. The molecule has 0 radical (unpaired) electrons. The van der Waals surface area contributed by atoms with Crippen LogP contribution in [-0.4, -0.2) is 77.0 Å². The lowest BCUT2D eigenvalue weighted by Gasteiger charge is -2.37. The fraction of sp³-hybridized carbons (Fsp3) is 0.579. The third kappa shape index (κ3) is 4.97. The second kappa shape index (κ2) is 8.99. The van der Waals surface area contributed by atoms with E-state index < -0.39 is 12.0 Å². The molecule has 1 aromatic carbocycles. The van der Waals surface area contributed by atoms with Gasteiger partial charge in [-0.2, -0.15) is 0 Å². The molecule has 1 unspecified atom stereocenters. The van der Waals surface area contributed by atoms with Gasteiger partial charge >= 0.3 is 5.97 Å². The number of hydrogen-bond donors (Lipinski definition) is 1. The molecular weight excluding hydrogens is 373 g/mol. The molecule has 1 N–H and O–H groups in total. The van der Waals surface area contributed by atoms with Gasteiger partial charge in [0.05, 0.1) is 6.54 Å². The molecule has 27 heavy (non-hydrogen) atoms. The summed E-state index contributed by atoms with van der Waals surface area (Å²) in [4.78, 5) is 29.6. The van der Waals surface area contributed by atoms with Crippen molar-refractivity contribution >= 4 is 23.5 Å². The van der Waals surface area contributed by atoms with E-state index in [1.54, 1.807) is 21.9 Å². The van der Waals surface area contributed by atoms with E-state index in [0.29, 0.717) is 56.3 Å². The van der Waals surface area contributed by atoms with Gasteiger partial charge in [0.2, 0.25) is 5.91 Å². The standard InChI is InChI=1S/C19H25ClFN3O3/c20-15-4-3-5-16(21)14(15)12-22-8-10-23(11-9-22)18(25)13-24-7-2-1-6-17(24)19(26)27/h3-5,17H,1-2,6-13H2,(H,26,27). The van der Waals surface area contributed by atoms with E-state index in [1.165, 1.54) is 6.07 Å². The Balaban J connectivity index is 1.51. The maximum atomic E-state index is 13.9. The van der Waals surface area contributed by atoms with Gasteiger partial charge < -0.3 is 10.0 Å². The monoisotopic (exact) mass is 397 g/mol. The normalized spacial score (nSPS) is 22.0. The van der Waals surface area contributed by atoms with Crippen molar-refractivity contribution in [3.63, 3.8) is 0 Å². The summed E-state index contributed by atoms with van der Waals surface area (Å²) in [5, 5.41) is 9.75. The van der Waals surface area contributed by atoms with Crippen molar-refractivity contribution in [2.45, 2.75) is 31.8 Å². The Kier molecular flexibility index (Phi) is 6.68. The topological polar surface area (TPSA) is 64.1 Å². The molecule has 3 rings (SSSR count). The van der Waals surface area contributed by atoms with Crippen molar-refractivity contribution in [1.82, 2.24) is 14.7 Å². The van der Waals surface area contributed by atoms with Gasteiger partial charge in [-0.25, -0.2) is 4.39 Å². The fourth-order valence-corrected chi connectivity index (χ4v) is 4.02. The Hall–Kier alpha value is -1.70. The number of amides is 1. The van der Waals surface area contributed by atoms with Gasteiger partial charge in [0, 0.05) is 43.3 Å². The molecule has 6 nitrogen and oxygen atoms in total. The number of piperazine rings is 1. The van der Waals surface area contributed by atoms with E-state index in [9.17, 15) is 19.1 Å². The second-order valence-electron chi connectivity index (χ2n) is 7.18. The molecule has 148 valence electrons. The molecular formula is C19H25ClFN3O3. The van der Waals surface area contributed by atoms with Gasteiger partial charge in [0.1, 0.15) is 11.9 Å². The first-order chi connectivity index (χ1) is 13.0. The van der Waals surface area contributed by atoms with Crippen molar-refractivity contribution in [1.29, 1.82) is 0 Å². The van der Waals surface area contributed by atoms with Crippen LogP contribution in [0.2, 0.25) is 5.02 Å². The van der Waals surface area contributed by atoms with E-state index in [0.717, 1.165) is 12.8 Å². The highest BCUT2D eigenvalue weighted by Crippen LogP contribution is 2.22. The smallest absolute Gasteiger partial charge is 0.320 e. The molecule has 8 heteroatoms. The third-order valence-corrected chi connectivity index (χ3v) is 5.76. The number of halogens is 2. The summed E-state index contributed by atoms with van der Waals surface area (Å²) in [6.07, 6.45) is 2.41. The van der Waals surface area contributed by atoms with Crippen molar-refractivity contribution in [3.05, 3.63) is 34.6 Å². The number of hydrogen-bond acceptors (Lipinski definition) is 4. The highest BCUT2D eigenvalue weighted by Gasteiger charge is 2.31. The van der Waals surface area contributed by atoms with Crippen LogP contribution in [0.5, 0.6) is 0 Å². The number of rotatable bonds is 5. The first-order valence-corrected chi connectivity index (χ1v) is 9.73. The van der Waals surface area contributed by atoms with Gasteiger partial charge in [-0.15, -0.1) is 0 Å². The molecule has 0 bridgehead atoms. The summed E-state index contributed by atoms with van der Waals surface area (Å²) in [6.45, 7) is 3.59. The average Bonchev–Trinajstić information content (AvgIpc) is 2.65. The van der Waals surface area contributed by atoms with Crippen LogP contribution in [0, 0.1) is 5.82 Å². The average molecular weight is 398 g/mol. The van der Waals surface area contributed by atoms with Gasteiger partial charge in [0.25, 0.3) is 0 Å². The number of carboxylic acid groups (broad SMARTS) is 1. The number of carbonyl (C=O) groups excluding carboxylic acids is 1. The Labute approximate surface area is 163 Å². The number of aliphatic carboxylic acids is 1. The van der Waals surface area contributed by atoms with Crippen LogP contribution in [0.4, 0.5) is 4.39 Å². The van der Waals surface area contributed by atoms with E-state index in [2.05, 4.69) is 4.90 Å².